The van der Waals surface area contributed by atoms with Gasteiger partial charge in [0.2, 0.25) is 0 Å². The molecule has 3 aromatic rings. The van der Waals surface area contributed by atoms with Crippen molar-refractivity contribution < 1.29 is 4.74 Å². The van der Waals surface area contributed by atoms with E-state index in [2.05, 4.69) is 9.97 Å². The zero-order valence-corrected chi connectivity index (χ0v) is 10.1. The standard InChI is InChI=1S/C13H10ClN3O/c14-10-7-8(1-2-11(10)15)18-12-4-6-17-13-9(12)3-5-16-13/h1-7H,15H2,(H,16,17). The molecule has 3 rings (SSSR count). The Morgan fingerprint density at radius 3 is 2.94 bits per heavy atom. The minimum absolute atomic E-state index is 0.479. The van der Waals surface area contributed by atoms with Crippen molar-refractivity contribution in [2.45, 2.75) is 0 Å². The highest BCUT2D eigenvalue weighted by molar-refractivity contribution is 6.33. The van der Waals surface area contributed by atoms with Gasteiger partial charge in [-0.2, -0.15) is 0 Å². The van der Waals surface area contributed by atoms with Crippen LogP contribution in [0.15, 0.2) is 42.7 Å². The van der Waals surface area contributed by atoms with Crippen molar-refractivity contribution in [3.63, 3.8) is 0 Å². The number of hydrogen-bond acceptors (Lipinski definition) is 3. The molecule has 18 heavy (non-hydrogen) atoms. The van der Waals surface area contributed by atoms with Crippen molar-refractivity contribution in [3.05, 3.63) is 47.7 Å². The van der Waals surface area contributed by atoms with E-state index < -0.39 is 0 Å². The molecule has 4 nitrogen and oxygen atoms in total. The molecule has 0 fully saturated rings. The lowest BCUT2D eigenvalue weighted by Crippen LogP contribution is -1.89. The number of H-pyrrole nitrogens is 1. The third kappa shape index (κ3) is 1.87. The molecular formula is C13H10ClN3O. The van der Waals surface area contributed by atoms with Gasteiger partial charge in [-0.25, -0.2) is 4.98 Å². The molecule has 0 saturated heterocycles. The summed E-state index contributed by atoms with van der Waals surface area (Å²) in [5, 5.41) is 1.40. The normalized spacial score (nSPS) is 10.7. The number of aromatic amines is 1. The van der Waals surface area contributed by atoms with Gasteiger partial charge in [0.1, 0.15) is 17.1 Å². The topological polar surface area (TPSA) is 63.9 Å². The van der Waals surface area contributed by atoms with E-state index in [0.29, 0.717) is 16.5 Å². The SMILES string of the molecule is Nc1ccc(Oc2ccnc3[nH]ccc23)cc1Cl. The lowest BCUT2D eigenvalue weighted by atomic mass is 10.3. The lowest BCUT2D eigenvalue weighted by molar-refractivity contribution is 0.488. The molecule has 0 bridgehead atoms. The van der Waals surface area contributed by atoms with Gasteiger partial charge in [-0.15, -0.1) is 0 Å². The van der Waals surface area contributed by atoms with Crippen molar-refractivity contribution >= 4 is 28.3 Å². The highest BCUT2D eigenvalue weighted by atomic mass is 35.5. The number of nitrogens with two attached hydrogens (primary N) is 1. The zero-order valence-electron chi connectivity index (χ0n) is 9.35. The Bertz CT molecular complexity index is 708. The Labute approximate surface area is 108 Å². The molecule has 0 atom stereocenters. The molecule has 0 radical (unpaired) electrons. The zero-order chi connectivity index (χ0) is 12.5. The van der Waals surface area contributed by atoms with Gasteiger partial charge in [-0.1, -0.05) is 11.6 Å². The number of benzene rings is 1. The van der Waals surface area contributed by atoms with Gasteiger partial charge in [-0.3, -0.25) is 0 Å². The third-order valence-electron chi connectivity index (χ3n) is 2.62. The van der Waals surface area contributed by atoms with E-state index in [-0.39, 0.29) is 0 Å². The summed E-state index contributed by atoms with van der Waals surface area (Å²) in [6.45, 7) is 0. The second kappa shape index (κ2) is 4.23. The van der Waals surface area contributed by atoms with Gasteiger partial charge in [0.25, 0.3) is 0 Å². The fourth-order valence-electron chi connectivity index (χ4n) is 1.72. The van der Waals surface area contributed by atoms with E-state index >= 15 is 0 Å². The first-order valence-corrected chi connectivity index (χ1v) is 5.77. The summed E-state index contributed by atoms with van der Waals surface area (Å²) in [6.07, 6.45) is 3.51. The maximum Gasteiger partial charge on any atom is 0.140 e. The van der Waals surface area contributed by atoms with Crippen molar-refractivity contribution in [1.29, 1.82) is 0 Å². The van der Waals surface area contributed by atoms with Crippen LogP contribution < -0.4 is 10.5 Å². The van der Waals surface area contributed by atoms with Gasteiger partial charge in [0.15, 0.2) is 0 Å². The number of aromatic nitrogens is 2. The summed E-state index contributed by atoms with van der Waals surface area (Å²) < 4.78 is 5.79. The second-order valence-corrected chi connectivity index (χ2v) is 4.24. The van der Waals surface area contributed by atoms with Crippen molar-refractivity contribution in [2.24, 2.45) is 0 Å². The molecule has 0 amide bonds. The predicted octanol–water partition coefficient (Wildman–Crippen LogP) is 3.59. The quantitative estimate of drug-likeness (QED) is 0.691. The molecule has 1 aromatic carbocycles. The molecule has 3 N–H and O–H groups in total. The van der Waals surface area contributed by atoms with E-state index in [1.165, 1.54) is 0 Å². The fourth-order valence-corrected chi connectivity index (χ4v) is 1.89. The summed E-state index contributed by atoms with van der Waals surface area (Å²) >= 11 is 5.95. The van der Waals surface area contributed by atoms with E-state index in [0.717, 1.165) is 16.8 Å². The van der Waals surface area contributed by atoms with E-state index in [9.17, 15) is 0 Å². The molecular weight excluding hydrogens is 250 g/mol. The minimum atomic E-state index is 0.479. The van der Waals surface area contributed by atoms with Gasteiger partial charge in [-0.05, 0) is 24.3 Å². The average molecular weight is 260 g/mol. The fraction of sp³-hybridized carbons (Fsp3) is 0. The predicted molar refractivity (Wildman–Crippen MR) is 72.0 cm³/mol. The van der Waals surface area contributed by atoms with E-state index in [4.69, 9.17) is 22.1 Å². The average Bonchev–Trinajstić information content (AvgIpc) is 2.83. The van der Waals surface area contributed by atoms with Crippen molar-refractivity contribution in [1.82, 2.24) is 9.97 Å². The Kier molecular flexibility index (Phi) is 2.57. The molecule has 90 valence electrons. The van der Waals surface area contributed by atoms with Gasteiger partial charge < -0.3 is 15.5 Å². The number of nitrogen functional groups attached to an aromatic ring is 1. The van der Waals surface area contributed by atoms with Crippen LogP contribution in [-0.2, 0) is 0 Å². The summed E-state index contributed by atoms with van der Waals surface area (Å²) in [4.78, 5) is 7.22. The van der Waals surface area contributed by atoms with Crippen LogP contribution in [0.4, 0.5) is 5.69 Å². The van der Waals surface area contributed by atoms with Crippen LogP contribution in [0, 0.1) is 0 Å². The highest BCUT2D eigenvalue weighted by Gasteiger charge is 2.06. The number of rotatable bonds is 2. The first-order chi connectivity index (χ1) is 8.74. The molecule has 0 unspecified atom stereocenters. The molecule has 0 aliphatic rings. The Morgan fingerprint density at radius 1 is 1.22 bits per heavy atom. The number of anilines is 1. The monoisotopic (exact) mass is 259 g/mol. The summed E-state index contributed by atoms with van der Waals surface area (Å²) in [5.41, 5.74) is 6.97. The second-order valence-electron chi connectivity index (χ2n) is 3.83. The number of hydrogen-bond donors (Lipinski definition) is 2. The maximum atomic E-state index is 5.95. The molecule has 5 heteroatoms. The molecule has 0 aliphatic heterocycles. The van der Waals surface area contributed by atoms with Crippen LogP contribution in [0.5, 0.6) is 11.5 Å². The van der Waals surface area contributed by atoms with E-state index in [1.807, 2.05) is 12.3 Å². The van der Waals surface area contributed by atoms with Gasteiger partial charge in [0.05, 0.1) is 16.1 Å². The Morgan fingerprint density at radius 2 is 2.11 bits per heavy atom. The molecule has 0 saturated carbocycles. The minimum Gasteiger partial charge on any atom is -0.456 e. The van der Waals surface area contributed by atoms with Crippen LogP contribution in [0.3, 0.4) is 0 Å². The molecule has 2 heterocycles. The number of fused-ring (bicyclic) bond motifs is 1. The Hall–Kier alpha value is -2.20. The Balaban J connectivity index is 2.01. The number of halogens is 1. The van der Waals surface area contributed by atoms with Crippen LogP contribution in [0.1, 0.15) is 0 Å². The highest BCUT2D eigenvalue weighted by Crippen LogP contribution is 2.31. The lowest BCUT2D eigenvalue weighted by Gasteiger charge is -2.07. The van der Waals surface area contributed by atoms with Crippen molar-refractivity contribution in [2.75, 3.05) is 5.73 Å². The molecule has 0 spiro atoms. The van der Waals surface area contributed by atoms with Crippen molar-refractivity contribution in [3.8, 4) is 11.5 Å². The van der Waals surface area contributed by atoms with Crippen LogP contribution in [0.2, 0.25) is 5.02 Å². The van der Waals surface area contributed by atoms with Gasteiger partial charge >= 0.3 is 0 Å². The summed E-state index contributed by atoms with van der Waals surface area (Å²) in [7, 11) is 0. The largest absolute Gasteiger partial charge is 0.456 e. The van der Waals surface area contributed by atoms with Gasteiger partial charge in [0, 0.05) is 18.5 Å². The molecule has 2 aromatic heterocycles. The number of nitrogens with one attached hydrogen (secondary N) is 1. The number of nitrogens with zero attached hydrogens (tertiary/aromatic N) is 1. The third-order valence-corrected chi connectivity index (χ3v) is 2.95. The summed E-state index contributed by atoms with van der Waals surface area (Å²) in [5.74, 6) is 1.37. The smallest absolute Gasteiger partial charge is 0.140 e. The number of ether oxygens (including phenoxy) is 1. The number of pyridine rings is 1. The van der Waals surface area contributed by atoms with Crippen LogP contribution in [0.25, 0.3) is 11.0 Å². The molecule has 0 aliphatic carbocycles. The first-order valence-electron chi connectivity index (χ1n) is 5.39. The first kappa shape index (κ1) is 10.9. The maximum absolute atomic E-state index is 5.95. The van der Waals surface area contributed by atoms with Crippen LogP contribution in [-0.4, -0.2) is 9.97 Å². The van der Waals surface area contributed by atoms with E-state index in [1.54, 1.807) is 30.5 Å². The van der Waals surface area contributed by atoms with Crippen LogP contribution >= 0.6 is 11.6 Å². The summed E-state index contributed by atoms with van der Waals surface area (Å²) in [6, 6.07) is 8.90.